The molecule has 0 spiro atoms. The fourth-order valence-electron chi connectivity index (χ4n) is 2.20. The molecule has 82 valence electrons. The molecule has 0 heterocycles. The Morgan fingerprint density at radius 1 is 1.36 bits per heavy atom. The molecule has 3 heteroatoms. The molecule has 1 rings (SSSR count). The minimum absolute atomic E-state index is 0.276. The fourth-order valence-corrected chi connectivity index (χ4v) is 2.20. The summed E-state index contributed by atoms with van der Waals surface area (Å²) < 4.78 is 0. The van der Waals surface area contributed by atoms with E-state index >= 15 is 0 Å². The van der Waals surface area contributed by atoms with Gasteiger partial charge in [0.2, 0.25) is 5.91 Å². The number of rotatable bonds is 3. The lowest BCUT2D eigenvalue weighted by atomic mass is 9.90. The molecule has 1 aliphatic carbocycles. The Labute approximate surface area is 86.9 Å². The van der Waals surface area contributed by atoms with E-state index in [9.17, 15) is 4.79 Å². The SMILES string of the molecule is CCC(=O)N(C)C1CCC(NC)CC1. The summed E-state index contributed by atoms with van der Waals surface area (Å²) in [5.41, 5.74) is 0. The first-order valence-corrected chi connectivity index (χ1v) is 5.62. The van der Waals surface area contributed by atoms with Crippen LogP contribution in [0.2, 0.25) is 0 Å². The highest BCUT2D eigenvalue weighted by molar-refractivity contribution is 5.75. The molecule has 1 saturated carbocycles. The Kier molecular flexibility index (Phi) is 4.39. The van der Waals surface area contributed by atoms with Gasteiger partial charge in [-0.2, -0.15) is 0 Å². The smallest absolute Gasteiger partial charge is 0.222 e. The van der Waals surface area contributed by atoms with Crippen LogP contribution >= 0.6 is 0 Å². The molecule has 0 aliphatic heterocycles. The van der Waals surface area contributed by atoms with Crippen LogP contribution < -0.4 is 5.32 Å². The number of nitrogens with zero attached hydrogens (tertiary/aromatic N) is 1. The first-order valence-electron chi connectivity index (χ1n) is 5.62. The number of hydrogen-bond acceptors (Lipinski definition) is 2. The molecule has 1 amide bonds. The Balaban J connectivity index is 2.37. The van der Waals surface area contributed by atoms with Crippen LogP contribution in [0.15, 0.2) is 0 Å². The summed E-state index contributed by atoms with van der Waals surface area (Å²) in [5.74, 6) is 0.276. The zero-order valence-corrected chi connectivity index (χ0v) is 9.55. The molecule has 3 nitrogen and oxygen atoms in total. The van der Waals surface area contributed by atoms with Crippen LogP contribution in [0, 0.1) is 0 Å². The number of nitrogens with one attached hydrogen (secondary N) is 1. The molecule has 0 unspecified atom stereocenters. The normalized spacial score (nSPS) is 27.4. The average molecular weight is 198 g/mol. The first kappa shape index (κ1) is 11.5. The standard InChI is InChI=1S/C11H22N2O/c1-4-11(14)13(3)10-7-5-9(12-2)6-8-10/h9-10,12H,4-8H2,1-3H3. The molecule has 0 aromatic heterocycles. The highest BCUT2D eigenvalue weighted by Gasteiger charge is 2.24. The third-order valence-electron chi connectivity index (χ3n) is 3.35. The van der Waals surface area contributed by atoms with Gasteiger partial charge >= 0.3 is 0 Å². The van der Waals surface area contributed by atoms with Crippen molar-refractivity contribution in [2.75, 3.05) is 14.1 Å². The third-order valence-corrected chi connectivity index (χ3v) is 3.35. The molecule has 1 aliphatic rings. The van der Waals surface area contributed by atoms with Gasteiger partial charge in [0.05, 0.1) is 0 Å². The summed E-state index contributed by atoms with van der Waals surface area (Å²) in [4.78, 5) is 13.4. The average Bonchev–Trinajstić information content (AvgIpc) is 2.27. The Hall–Kier alpha value is -0.570. The van der Waals surface area contributed by atoms with E-state index in [0.717, 1.165) is 12.8 Å². The first-order chi connectivity index (χ1) is 6.69. The maximum atomic E-state index is 11.5. The van der Waals surface area contributed by atoms with Crippen molar-refractivity contribution in [1.82, 2.24) is 10.2 Å². The van der Waals surface area contributed by atoms with Gasteiger partial charge in [-0.25, -0.2) is 0 Å². The van der Waals surface area contributed by atoms with Crippen LogP contribution in [-0.2, 0) is 4.79 Å². The Morgan fingerprint density at radius 2 is 1.93 bits per heavy atom. The fraction of sp³-hybridized carbons (Fsp3) is 0.909. The largest absolute Gasteiger partial charge is 0.343 e. The summed E-state index contributed by atoms with van der Waals surface area (Å²) in [6, 6.07) is 1.14. The molecule has 0 radical (unpaired) electrons. The molecule has 0 atom stereocenters. The van der Waals surface area contributed by atoms with Gasteiger partial charge in [-0.05, 0) is 32.7 Å². The van der Waals surface area contributed by atoms with Gasteiger partial charge in [0.15, 0.2) is 0 Å². The van der Waals surface area contributed by atoms with E-state index < -0.39 is 0 Å². The minimum atomic E-state index is 0.276. The van der Waals surface area contributed by atoms with Gasteiger partial charge in [0.1, 0.15) is 0 Å². The van der Waals surface area contributed by atoms with Crippen LogP contribution in [0.1, 0.15) is 39.0 Å². The molecule has 0 aromatic carbocycles. The van der Waals surface area contributed by atoms with Crippen molar-refractivity contribution in [3.8, 4) is 0 Å². The third kappa shape index (κ3) is 2.71. The number of carbonyl (C=O) groups excluding carboxylic acids is 1. The van der Waals surface area contributed by atoms with E-state index in [4.69, 9.17) is 0 Å². The maximum Gasteiger partial charge on any atom is 0.222 e. The van der Waals surface area contributed by atoms with Gasteiger partial charge < -0.3 is 10.2 Å². The minimum Gasteiger partial charge on any atom is -0.343 e. The van der Waals surface area contributed by atoms with E-state index in [0.29, 0.717) is 18.5 Å². The van der Waals surface area contributed by atoms with Gasteiger partial charge in [-0.15, -0.1) is 0 Å². The number of carbonyl (C=O) groups is 1. The summed E-state index contributed by atoms with van der Waals surface area (Å²) in [6.45, 7) is 1.93. The summed E-state index contributed by atoms with van der Waals surface area (Å²) in [5, 5.41) is 3.30. The van der Waals surface area contributed by atoms with Gasteiger partial charge in [0, 0.05) is 25.6 Å². The quantitative estimate of drug-likeness (QED) is 0.743. The van der Waals surface area contributed by atoms with Crippen molar-refractivity contribution in [3.63, 3.8) is 0 Å². The molecular weight excluding hydrogens is 176 g/mol. The van der Waals surface area contributed by atoms with Crippen LogP contribution in [0.5, 0.6) is 0 Å². The van der Waals surface area contributed by atoms with Crippen LogP contribution in [-0.4, -0.2) is 37.0 Å². The Bertz CT molecular complexity index is 186. The predicted molar refractivity (Wildman–Crippen MR) is 58.2 cm³/mol. The highest BCUT2D eigenvalue weighted by atomic mass is 16.2. The zero-order chi connectivity index (χ0) is 10.6. The van der Waals surface area contributed by atoms with E-state index in [2.05, 4.69) is 5.32 Å². The summed E-state index contributed by atoms with van der Waals surface area (Å²) in [6.07, 6.45) is 5.31. The van der Waals surface area contributed by atoms with Gasteiger partial charge in [-0.1, -0.05) is 6.92 Å². The zero-order valence-electron chi connectivity index (χ0n) is 9.55. The highest BCUT2D eigenvalue weighted by Crippen LogP contribution is 2.22. The second-order valence-electron chi connectivity index (χ2n) is 4.15. The second-order valence-corrected chi connectivity index (χ2v) is 4.15. The van der Waals surface area contributed by atoms with Crippen LogP contribution in [0.3, 0.4) is 0 Å². The molecule has 14 heavy (non-hydrogen) atoms. The van der Waals surface area contributed by atoms with Crippen molar-refractivity contribution in [2.45, 2.75) is 51.1 Å². The molecule has 0 bridgehead atoms. The lowest BCUT2D eigenvalue weighted by Crippen LogP contribution is -2.42. The van der Waals surface area contributed by atoms with Crippen molar-refractivity contribution < 1.29 is 4.79 Å². The van der Waals surface area contributed by atoms with E-state index in [-0.39, 0.29) is 5.91 Å². The van der Waals surface area contributed by atoms with Crippen molar-refractivity contribution in [1.29, 1.82) is 0 Å². The van der Waals surface area contributed by atoms with E-state index in [1.807, 2.05) is 25.9 Å². The maximum absolute atomic E-state index is 11.5. The lowest BCUT2D eigenvalue weighted by Gasteiger charge is -2.34. The van der Waals surface area contributed by atoms with Crippen molar-refractivity contribution in [3.05, 3.63) is 0 Å². The topological polar surface area (TPSA) is 32.3 Å². The molecule has 0 saturated heterocycles. The van der Waals surface area contributed by atoms with Crippen molar-refractivity contribution in [2.24, 2.45) is 0 Å². The Morgan fingerprint density at radius 3 is 2.36 bits per heavy atom. The van der Waals surface area contributed by atoms with Crippen molar-refractivity contribution >= 4 is 5.91 Å². The lowest BCUT2D eigenvalue weighted by molar-refractivity contribution is -0.132. The van der Waals surface area contributed by atoms with E-state index in [1.165, 1.54) is 12.8 Å². The van der Waals surface area contributed by atoms with Crippen LogP contribution in [0.4, 0.5) is 0 Å². The summed E-state index contributed by atoms with van der Waals surface area (Å²) in [7, 11) is 3.96. The number of hydrogen-bond donors (Lipinski definition) is 1. The van der Waals surface area contributed by atoms with Crippen LogP contribution in [0.25, 0.3) is 0 Å². The predicted octanol–water partition coefficient (Wildman–Crippen LogP) is 1.39. The molecule has 1 fully saturated rings. The number of amides is 1. The summed E-state index contributed by atoms with van der Waals surface area (Å²) >= 11 is 0. The second kappa shape index (κ2) is 5.35. The van der Waals surface area contributed by atoms with Gasteiger partial charge in [0.25, 0.3) is 0 Å². The molecule has 0 aromatic rings. The van der Waals surface area contributed by atoms with E-state index in [1.54, 1.807) is 0 Å². The monoisotopic (exact) mass is 198 g/mol. The van der Waals surface area contributed by atoms with Gasteiger partial charge in [-0.3, -0.25) is 4.79 Å². The molecular formula is C11H22N2O. The molecule has 1 N–H and O–H groups in total.